The lowest BCUT2D eigenvalue weighted by atomic mass is 10.4. The second kappa shape index (κ2) is 2.23. The minimum atomic E-state index is -0.512. The van der Waals surface area contributed by atoms with Gasteiger partial charge in [-0.15, -0.1) is 0 Å². The van der Waals surface area contributed by atoms with Crippen LogP contribution in [0.4, 0.5) is 0 Å². The highest BCUT2D eigenvalue weighted by Crippen LogP contribution is 2.12. The Balaban J connectivity index is 2.49. The van der Waals surface area contributed by atoms with Crippen LogP contribution in [-0.4, -0.2) is 28.7 Å². The fourth-order valence-electron chi connectivity index (χ4n) is 1.03. The number of likely N-dealkylation sites (tertiary alicyclic amines) is 1. The minimum Gasteiger partial charge on any atom is -0.374 e. The third-order valence-electron chi connectivity index (χ3n) is 1.53. The largest absolute Gasteiger partial charge is 0.374 e. The van der Waals surface area contributed by atoms with Gasteiger partial charge in [-0.3, -0.25) is 5.41 Å². The highest BCUT2D eigenvalue weighted by Gasteiger charge is 2.22. The van der Waals surface area contributed by atoms with E-state index in [1.807, 2.05) is 0 Å². The molecule has 0 aliphatic carbocycles. The van der Waals surface area contributed by atoms with E-state index >= 15 is 0 Å². The zero-order valence-corrected chi connectivity index (χ0v) is 5.17. The number of rotatable bonds is 0. The Kier molecular flexibility index (Phi) is 1.57. The average Bonchev–Trinajstić information content (AvgIpc) is 2.13. The second-order valence-electron chi connectivity index (χ2n) is 2.20. The van der Waals surface area contributed by atoms with Crippen LogP contribution in [0.3, 0.4) is 0 Å². The summed E-state index contributed by atoms with van der Waals surface area (Å²) in [5.74, 6) is -0.0278. The van der Waals surface area contributed by atoms with Gasteiger partial charge in [0, 0.05) is 6.54 Å². The summed E-state index contributed by atoms with van der Waals surface area (Å²) in [6, 6.07) is 0. The first-order valence-corrected chi connectivity index (χ1v) is 3.00. The van der Waals surface area contributed by atoms with E-state index in [4.69, 9.17) is 16.2 Å². The number of aliphatic hydroxyl groups is 1. The standard InChI is InChI=1S/C5H11N3O/c6-5(7)8-3-1-2-4(8)9/h4,9H,1-3H2,(H3,6,7)/t4-/m1/s1. The molecule has 0 amide bonds. The van der Waals surface area contributed by atoms with Crippen LogP contribution in [0.2, 0.25) is 0 Å². The molecule has 1 fully saturated rings. The molecule has 4 heteroatoms. The SMILES string of the molecule is N=C(N)N1CCC[C@H]1O. The van der Waals surface area contributed by atoms with E-state index in [0.717, 1.165) is 19.4 Å². The highest BCUT2D eigenvalue weighted by molar-refractivity contribution is 5.74. The van der Waals surface area contributed by atoms with Gasteiger partial charge in [0.1, 0.15) is 6.23 Å². The van der Waals surface area contributed by atoms with Crippen molar-refractivity contribution in [1.29, 1.82) is 5.41 Å². The Labute approximate surface area is 53.8 Å². The van der Waals surface area contributed by atoms with Crippen LogP contribution in [0, 0.1) is 5.41 Å². The zero-order valence-electron chi connectivity index (χ0n) is 5.17. The number of hydrogen-bond acceptors (Lipinski definition) is 2. The van der Waals surface area contributed by atoms with Crippen LogP contribution in [0.1, 0.15) is 12.8 Å². The van der Waals surface area contributed by atoms with Gasteiger partial charge in [0.25, 0.3) is 0 Å². The van der Waals surface area contributed by atoms with Gasteiger partial charge in [-0.2, -0.15) is 0 Å². The van der Waals surface area contributed by atoms with Crippen molar-refractivity contribution in [2.45, 2.75) is 19.1 Å². The van der Waals surface area contributed by atoms with Crippen LogP contribution in [0.25, 0.3) is 0 Å². The third-order valence-corrected chi connectivity index (χ3v) is 1.53. The monoisotopic (exact) mass is 129 g/mol. The zero-order chi connectivity index (χ0) is 6.85. The molecule has 1 atom stereocenters. The Bertz CT molecular complexity index is 125. The van der Waals surface area contributed by atoms with E-state index in [1.165, 1.54) is 4.90 Å². The number of nitrogens with two attached hydrogens (primary N) is 1. The Hall–Kier alpha value is -0.770. The molecule has 0 spiro atoms. The summed E-state index contributed by atoms with van der Waals surface area (Å²) in [4.78, 5) is 1.49. The van der Waals surface area contributed by atoms with Crippen molar-refractivity contribution in [2.75, 3.05) is 6.54 Å². The van der Waals surface area contributed by atoms with Crippen molar-refractivity contribution < 1.29 is 5.11 Å². The molecular formula is C5H11N3O. The van der Waals surface area contributed by atoms with E-state index in [1.54, 1.807) is 0 Å². The molecule has 1 saturated heterocycles. The van der Waals surface area contributed by atoms with Crippen LogP contribution in [0.15, 0.2) is 0 Å². The Morgan fingerprint density at radius 2 is 2.44 bits per heavy atom. The van der Waals surface area contributed by atoms with Crippen LogP contribution in [-0.2, 0) is 0 Å². The first-order valence-electron chi connectivity index (χ1n) is 3.00. The summed E-state index contributed by atoms with van der Waals surface area (Å²) in [5.41, 5.74) is 5.14. The molecule has 9 heavy (non-hydrogen) atoms. The van der Waals surface area contributed by atoms with Gasteiger partial charge >= 0.3 is 0 Å². The molecule has 1 aliphatic rings. The molecule has 0 aromatic heterocycles. The molecule has 1 rings (SSSR count). The molecule has 0 aromatic carbocycles. The quantitative estimate of drug-likeness (QED) is 0.299. The summed E-state index contributed by atoms with van der Waals surface area (Å²) >= 11 is 0. The van der Waals surface area contributed by atoms with E-state index in [-0.39, 0.29) is 5.96 Å². The fraction of sp³-hybridized carbons (Fsp3) is 0.800. The lowest BCUT2D eigenvalue weighted by Crippen LogP contribution is -2.39. The van der Waals surface area contributed by atoms with Crippen molar-refractivity contribution in [3.05, 3.63) is 0 Å². The van der Waals surface area contributed by atoms with E-state index in [2.05, 4.69) is 0 Å². The summed E-state index contributed by atoms with van der Waals surface area (Å²) in [6.45, 7) is 0.719. The predicted molar refractivity (Wildman–Crippen MR) is 33.9 cm³/mol. The number of guanidine groups is 1. The number of aliphatic hydroxyl groups excluding tert-OH is 1. The smallest absolute Gasteiger partial charge is 0.190 e. The van der Waals surface area contributed by atoms with Gasteiger partial charge in [-0.05, 0) is 12.8 Å². The molecule has 1 heterocycles. The maximum absolute atomic E-state index is 9.06. The summed E-state index contributed by atoms with van der Waals surface area (Å²) in [6.07, 6.45) is 1.16. The maximum Gasteiger partial charge on any atom is 0.190 e. The minimum absolute atomic E-state index is 0.0278. The Morgan fingerprint density at radius 1 is 1.78 bits per heavy atom. The number of hydrogen-bond donors (Lipinski definition) is 3. The topological polar surface area (TPSA) is 73.3 Å². The van der Waals surface area contributed by atoms with Crippen molar-refractivity contribution in [3.8, 4) is 0 Å². The molecule has 4 nitrogen and oxygen atoms in total. The van der Waals surface area contributed by atoms with Crippen LogP contribution >= 0.6 is 0 Å². The molecule has 52 valence electrons. The van der Waals surface area contributed by atoms with Gasteiger partial charge < -0.3 is 15.7 Å². The van der Waals surface area contributed by atoms with Crippen molar-refractivity contribution >= 4 is 5.96 Å². The molecule has 0 saturated carbocycles. The third kappa shape index (κ3) is 1.13. The lowest BCUT2D eigenvalue weighted by Gasteiger charge is -2.18. The molecular weight excluding hydrogens is 118 g/mol. The van der Waals surface area contributed by atoms with E-state index in [0.29, 0.717) is 0 Å². The average molecular weight is 129 g/mol. The van der Waals surface area contributed by atoms with Gasteiger partial charge in [0.15, 0.2) is 5.96 Å². The summed E-state index contributed by atoms with van der Waals surface area (Å²) < 4.78 is 0. The van der Waals surface area contributed by atoms with Gasteiger partial charge in [0.2, 0.25) is 0 Å². The van der Waals surface area contributed by atoms with E-state index in [9.17, 15) is 0 Å². The predicted octanol–water partition coefficient (Wildman–Crippen LogP) is -0.706. The van der Waals surface area contributed by atoms with Crippen LogP contribution < -0.4 is 5.73 Å². The Morgan fingerprint density at radius 3 is 2.67 bits per heavy atom. The van der Waals surface area contributed by atoms with Gasteiger partial charge in [-0.1, -0.05) is 0 Å². The molecule has 1 aliphatic heterocycles. The van der Waals surface area contributed by atoms with E-state index < -0.39 is 6.23 Å². The lowest BCUT2D eigenvalue weighted by molar-refractivity contribution is 0.0850. The van der Waals surface area contributed by atoms with Crippen molar-refractivity contribution in [3.63, 3.8) is 0 Å². The molecule has 0 aromatic rings. The highest BCUT2D eigenvalue weighted by atomic mass is 16.3. The van der Waals surface area contributed by atoms with Gasteiger partial charge in [-0.25, -0.2) is 0 Å². The summed E-state index contributed by atoms with van der Waals surface area (Å²) in [7, 11) is 0. The van der Waals surface area contributed by atoms with Gasteiger partial charge in [0.05, 0.1) is 0 Å². The molecule has 0 bridgehead atoms. The summed E-state index contributed by atoms with van der Waals surface area (Å²) in [5, 5.41) is 16.0. The van der Waals surface area contributed by atoms with Crippen LogP contribution in [0.5, 0.6) is 0 Å². The second-order valence-corrected chi connectivity index (χ2v) is 2.20. The number of nitrogens with one attached hydrogen (secondary N) is 1. The fourth-order valence-corrected chi connectivity index (χ4v) is 1.03. The van der Waals surface area contributed by atoms with Crippen molar-refractivity contribution in [2.24, 2.45) is 5.73 Å². The molecule has 4 N–H and O–H groups in total. The maximum atomic E-state index is 9.06. The normalized spacial score (nSPS) is 26.8. The first kappa shape index (κ1) is 6.35. The first-order chi connectivity index (χ1) is 4.22. The van der Waals surface area contributed by atoms with Crippen molar-refractivity contribution in [1.82, 2.24) is 4.90 Å². The molecule has 0 radical (unpaired) electrons. The molecule has 0 unspecified atom stereocenters. The number of nitrogens with zero attached hydrogens (tertiary/aromatic N) is 1.